The van der Waals surface area contributed by atoms with Crippen LogP contribution < -0.4 is 5.73 Å². The average Bonchev–Trinajstić information content (AvgIpc) is 3.08. The van der Waals surface area contributed by atoms with Gasteiger partial charge in [0.1, 0.15) is 5.60 Å². The Bertz CT molecular complexity index is 951. The molecule has 3 heterocycles. The van der Waals surface area contributed by atoms with Crippen molar-refractivity contribution in [3.05, 3.63) is 29.8 Å². The molecule has 31 heavy (non-hydrogen) atoms. The summed E-state index contributed by atoms with van der Waals surface area (Å²) < 4.78 is 6.55. The quantitative estimate of drug-likeness (QED) is 0.765. The first-order valence-corrected chi connectivity index (χ1v) is 11.8. The molecule has 2 aliphatic heterocycles. The van der Waals surface area contributed by atoms with Crippen molar-refractivity contribution in [3.8, 4) is 0 Å². The van der Waals surface area contributed by atoms with Gasteiger partial charge in [-0.1, -0.05) is 18.2 Å². The van der Waals surface area contributed by atoms with Crippen molar-refractivity contribution >= 4 is 38.4 Å². The highest BCUT2D eigenvalue weighted by Gasteiger charge is 2.32. The Hall–Kier alpha value is -2.32. The number of hydrogen-bond donors (Lipinski definition) is 1. The standard InChI is InChI=1S/C23H32N4O3S/c1-23(2,3)30-22(29)27-10-8-16(9-11-27)25-12-14-26(15-13-25)21(28)19-17-6-4-5-7-18(17)31-20(19)24/h4-7,16H,8-15,24H2,1-3H3. The summed E-state index contributed by atoms with van der Waals surface area (Å²) >= 11 is 1.48. The van der Waals surface area contributed by atoms with Gasteiger partial charge in [-0.2, -0.15) is 0 Å². The van der Waals surface area contributed by atoms with Gasteiger partial charge >= 0.3 is 6.09 Å². The molecule has 1 aromatic heterocycles. The predicted octanol–water partition coefficient (Wildman–Crippen LogP) is 3.64. The highest BCUT2D eigenvalue weighted by Crippen LogP contribution is 2.34. The van der Waals surface area contributed by atoms with Crippen LogP contribution in [0.2, 0.25) is 0 Å². The number of carbonyl (C=O) groups excluding carboxylic acids is 2. The van der Waals surface area contributed by atoms with Crippen LogP contribution in [0.25, 0.3) is 10.1 Å². The van der Waals surface area contributed by atoms with E-state index < -0.39 is 5.60 Å². The lowest BCUT2D eigenvalue weighted by Crippen LogP contribution is -2.55. The van der Waals surface area contributed by atoms with Gasteiger partial charge in [-0.05, 0) is 39.7 Å². The van der Waals surface area contributed by atoms with E-state index in [1.165, 1.54) is 11.3 Å². The topological polar surface area (TPSA) is 79.1 Å². The van der Waals surface area contributed by atoms with Gasteiger partial charge in [-0.15, -0.1) is 11.3 Å². The SMILES string of the molecule is CC(C)(C)OC(=O)N1CCC(N2CCN(C(=O)c3c(N)sc4ccccc34)CC2)CC1. The average molecular weight is 445 g/mol. The van der Waals surface area contributed by atoms with E-state index in [1.807, 2.05) is 54.8 Å². The van der Waals surface area contributed by atoms with Gasteiger partial charge in [0.2, 0.25) is 0 Å². The molecule has 0 saturated carbocycles. The zero-order valence-corrected chi connectivity index (χ0v) is 19.4. The number of anilines is 1. The molecule has 2 amide bonds. The molecule has 1 aromatic carbocycles. The van der Waals surface area contributed by atoms with E-state index in [1.54, 1.807) is 0 Å². The van der Waals surface area contributed by atoms with Gasteiger partial charge in [0, 0.05) is 55.4 Å². The second-order valence-corrected chi connectivity index (χ2v) is 10.4. The number of fused-ring (bicyclic) bond motifs is 1. The Labute approximate surface area is 187 Å². The molecule has 0 radical (unpaired) electrons. The zero-order valence-electron chi connectivity index (χ0n) is 18.6. The number of amides is 2. The third-order valence-electron chi connectivity index (χ3n) is 6.07. The first kappa shape index (κ1) is 21.9. The lowest BCUT2D eigenvalue weighted by atomic mass is 10.0. The van der Waals surface area contributed by atoms with Crippen LogP contribution in [-0.4, -0.2) is 77.6 Å². The summed E-state index contributed by atoms with van der Waals surface area (Å²) in [5.41, 5.74) is 6.39. The fourth-order valence-corrected chi connectivity index (χ4v) is 5.44. The van der Waals surface area contributed by atoms with E-state index in [0.717, 1.165) is 49.1 Å². The Morgan fingerprint density at radius 1 is 1.00 bits per heavy atom. The van der Waals surface area contributed by atoms with Crippen LogP contribution in [0.5, 0.6) is 0 Å². The summed E-state index contributed by atoms with van der Waals surface area (Å²) in [6.45, 7) is 10.2. The maximum absolute atomic E-state index is 13.2. The molecule has 7 nitrogen and oxygen atoms in total. The van der Waals surface area contributed by atoms with Crippen molar-refractivity contribution in [2.75, 3.05) is 45.0 Å². The van der Waals surface area contributed by atoms with Crippen LogP contribution in [0, 0.1) is 0 Å². The number of carbonyl (C=O) groups is 2. The van der Waals surface area contributed by atoms with Gasteiger partial charge < -0.3 is 20.3 Å². The van der Waals surface area contributed by atoms with Crippen molar-refractivity contribution in [2.24, 2.45) is 0 Å². The first-order chi connectivity index (χ1) is 14.7. The van der Waals surface area contributed by atoms with Crippen molar-refractivity contribution in [1.29, 1.82) is 0 Å². The molecular weight excluding hydrogens is 412 g/mol. The van der Waals surface area contributed by atoms with E-state index >= 15 is 0 Å². The largest absolute Gasteiger partial charge is 0.444 e. The van der Waals surface area contributed by atoms with Crippen molar-refractivity contribution in [2.45, 2.75) is 45.3 Å². The van der Waals surface area contributed by atoms with Gasteiger partial charge in [-0.3, -0.25) is 9.69 Å². The van der Waals surface area contributed by atoms with Crippen LogP contribution in [0.1, 0.15) is 44.0 Å². The molecular formula is C23H32N4O3S. The third kappa shape index (κ3) is 4.80. The fraction of sp³-hybridized carbons (Fsp3) is 0.565. The predicted molar refractivity (Wildman–Crippen MR) is 125 cm³/mol. The zero-order chi connectivity index (χ0) is 22.2. The fourth-order valence-electron chi connectivity index (χ4n) is 4.47. The van der Waals surface area contributed by atoms with E-state index in [0.29, 0.717) is 29.7 Å². The third-order valence-corrected chi connectivity index (χ3v) is 7.07. The van der Waals surface area contributed by atoms with Crippen LogP contribution >= 0.6 is 11.3 Å². The minimum atomic E-state index is -0.464. The number of rotatable bonds is 2. The number of nitrogens with two attached hydrogens (primary N) is 1. The minimum absolute atomic E-state index is 0.0364. The minimum Gasteiger partial charge on any atom is -0.444 e. The Morgan fingerprint density at radius 2 is 1.65 bits per heavy atom. The summed E-state index contributed by atoms with van der Waals surface area (Å²) in [6, 6.07) is 8.36. The Kier molecular flexibility index (Phi) is 6.12. The molecule has 0 spiro atoms. The molecule has 2 fully saturated rings. The van der Waals surface area contributed by atoms with Crippen LogP contribution in [0.4, 0.5) is 9.80 Å². The molecule has 8 heteroatoms. The molecule has 2 aromatic rings. The molecule has 168 valence electrons. The number of ether oxygens (including phenoxy) is 1. The van der Waals surface area contributed by atoms with Gasteiger partial charge in [0.15, 0.2) is 0 Å². The number of benzene rings is 1. The number of piperidine rings is 1. The summed E-state index contributed by atoms with van der Waals surface area (Å²) in [5.74, 6) is 0.0364. The van der Waals surface area contributed by atoms with Crippen molar-refractivity contribution < 1.29 is 14.3 Å². The van der Waals surface area contributed by atoms with Gasteiger partial charge in [-0.25, -0.2) is 4.79 Å². The van der Waals surface area contributed by atoms with Gasteiger partial charge in [0.05, 0.1) is 10.6 Å². The van der Waals surface area contributed by atoms with Crippen LogP contribution in [-0.2, 0) is 4.74 Å². The monoisotopic (exact) mass is 444 g/mol. The maximum atomic E-state index is 13.2. The Balaban J connectivity index is 1.31. The number of likely N-dealkylation sites (tertiary alicyclic amines) is 1. The smallest absolute Gasteiger partial charge is 0.410 e. The first-order valence-electron chi connectivity index (χ1n) is 11.0. The number of piperazine rings is 1. The molecule has 2 N–H and O–H groups in total. The van der Waals surface area contributed by atoms with Crippen molar-refractivity contribution in [3.63, 3.8) is 0 Å². The number of nitrogens with zero attached hydrogens (tertiary/aromatic N) is 3. The highest BCUT2D eigenvalue weighted by molar-refractivity contribution is 7.23. The second-order valence-electron chi connectivity index (χ2n) is 9.36. The van der Waals surface area contributed by atoms with E-state index in [2.05, 4.69) is 4.90 Å². The maximum Gasteiger partial charge on any atom is 0.410 e. The molecule has 0 aliphatic carbocycles. The van der Waals surface area contributed by atoms with E-state index in [-0.39, 0.29) is 12.0 Å². The number of thiophene rings is 1. The molecule has 0 atom stereocenters. The molecule has 2 aliphatic rings. The molecule has 2 saturated heterocycles. The lowest BCUT2D eigenvalue weighted by molar-refractivity contribution is 0.00986. The molecule has 0 bridgehead atoms. The summed E-state index contributed by atoms with van der Waals surface area (Å²) in [5, 5.41) is 1.55. The number of nitrogen functional groups attached to an aromatic ring is 1. The van der Waals surface area contributed by atoms with Crippen molar-refractivity contribution in [1.82, 2.24) is 14.7 Å². The van der Waals surface area contributed by atoms with E-state index in [4.69, 9.17) is 10.5 Å². The molecule has 4 rings (SSSR count). The normalized spacial score (nSPS) is 19.1. The summed E-state index contributed by atoms with van der Waals surface area (Å²) in [6.07, 6.45) is 1.66. The summed E-state index contributed by atoms with van der Waals surface area (Å²) in [4.78, 5) is 31.7. The highest BCUT2D eigenvalue weighted by atomic mass is 32.1. The lowest BCUT2D eigenvalue weighted by Gasteiger charge is -2.42. The number of hydrogen-bond acceptors (Lipinski definition) is 6. The van der Waals surface area contributed by atoms with Gasteiger partial charge in [0.25, 0.3) is 5.91 Å². The summed E-state index contributed by atoms with van der Waals surface area (Å²) in [7, 11) is 0. The van der Waals surface area contributed by atoms with Crippen LogP contribution in [0.15, 0.2) is 24.3 Å². The van der Waals surface area contributed by atoms with E-state index in [9.17, 15) is 9.59 Å². The Morgan fingerprint density at radius 3 is 2.29 bits per heavy atom. The van der Waals surface area contributed by atoms with Crippen LogP contribution in [0.3, 0.4) is 0 Å². The second kappa shape index (κ2) is 8.67. The molecule has 0 unspecified atom stereocenters.